The Morgan fingerprint density at radius 3 is 2.32 bits per heavy atom. The number of aromatic nitrogens is 1. The first-order valence-corrected chi connectivity index (χ1v) is 11.9. The van der Waals surface area contributed by atoms with Crippen molar-refractivity contribution in [1.29, 1.82) is 0 Å². The van der Waals surface area contributed by atoms with Crippen LogP contribution in [0.15, 0.2) is 84.9 Å². The van der Waals surface area contributed by atoms with Crippen molar-refractivity contribution in [2.24, 2.45) is 0 Å². The Hall–Kier alpha value is -3.86. The standard InChI is InChI=1S/C29H29N3O2/c1-2-21-13-14-26-24(15-21)17-27(30-26)29(34)31-19-25(16-22-9-5-3-6-10-22)32(28(33)20-31)18-23-11-7-4-8-12-23/h3-15,17,25,30H,2,16,18-20H2,1H3/t25-/m0/s1. The molecule has 172 valence electrons. The van der Waals surface area contributed by atoms with Gasteiger partial charge < -0.3 is 14.8 Å². The van der Waals surface area contributed by atoms with E-state index in [0.29, 0.717) is 25.2 Å². The van der Waals surface area contributed by atoms with Crippen LogP contribution in [0.3, 0.4) is 0 Å². The number of piperazine rings is 1. The Balaban J connectivity index is 1.40. The molecule has 3 aromatic carbocycles. The lowest BCUT2D eigenvalue weighted by Gasteiger charge is -2.41. The van der Waals surface area contributed by atoms with Gasteiger partial charge in [-0.25, -0.2) is 0 Å². The van der Waals surface area contributed by atoms with Crippen LogP contribution in [0, 0.1) is 0 Å². The lowest BCUT2D eigenvalue weighted by atomic mass is 10.0. The lowest BCUT2D eigenvalue weighted by Crippen LogP contribution is -2.58. The topological polar surface area (TPSA) is 56.4 Å². The number of hydrogen-bond donors (Lipinski definition) is 1. The number of fused-ring (bicyclic) bond motifs is 1. The number of hydrogen-bond acceptors (Lipinski definition) is 2. The summed E-state index contributed by atoms with van der Waals surface area (Å²) in [5.74, 6) is -0.145. The third kappa shape index (κ3) is 4.60. The lowest BCUT2D eigenvalue weighted by molar-refractivity contribution is -0.139. The zero-order chi connectivity index (χ0) is 23.5. The summed E-state index contributed by atoms with van der Waals surface area (Å²) >= 11 is 0. The number of benzene rings is 3. The maximum absolute atomic E-state index is 13.5. The monoisotopic (exact) mass is 451 g/mol. The Kier molecular flexibility index (Phi) is 6.17. The molecule has 0 bridgehead atoms. The molecule has 1 saturated heterocycles. The van der Waals surface area contributed by atoms with Gasteiger partial charge in [0.05, 0.1) is 6.04 Å². The second kappa shape index (κ2) is 9.56. The maximum atomic E-state index is 13.5. The molecule has 2 heterocycles. The average Bonchev–Trinajstić information content (AvgIpc) is 3.30. The molecule has 4 aromatic rings. The van der Waals surface area contributed by atoms with E-state index in [0.717, 1.165) is 28.5 Å². The van der Waals surface area contributed by atoms with Crippen molar-refractivity contribution >= 4 is 22.7 Å². The van der Waals surface area contributed by atoms with E-state index >= 15 is 0 Å². The average molecular weight is 452 g/mol. The van der Waals surface area contributed by atoms with Crippen LogP contribution < -0.4 is 0 Å². The summed E-state index contributed by atoms with van der Waals surface area (Å²) in [7, 11) is 0. The molecule has 5 heteroatoms. The summed E-state index contributed by atoms with van der Waals surface area (Å²) in [4.78, 5) is 33.7. The molecule has 0 saturated carbocycles. The quantitative estimate of drug-likeness (QED) is 0.457. The second-order valence-electron chi connectivity index (χ2n) is 8.99. The van der Waals surface area contributed by atoms with Gasteiger partial charge in [-0.2, -0.15) is 0 Å². The number of carbonyl (C=O) groups is 2. The molecular weight excluding hydrogens is 422 g/mol. The van der Waals surface area contributed by atoms with Crippen molar-refractivity contribution in [3.63, 3.8) is 0 Å². The normalized spacial score (nSPS) is 16.3. The Bertz CT molecular complexity index is 1300. The molecule has 0 spiro atoms. The first kappa shape index (κ1) is 22.0. The SMILES string of the molecule is CCc1ccc2[nH]c(C(=O)N3CC(=O)N(Cc4ccccc4)[C@@H](Cc4ccccc4)C3)cc2c1. The van der Waals surface area contributed by atoms with Gasteiger partial charge in [0.2, 0.25) is 5.91 Å². The van der Waals surface area contributed by atoms with Gasteiger partial charge in [-0.3, -0.25) is 9.59 Å². The molecule has 0 radical (unpaired) electrons. The molecule has 1 aliphatic rings. The highest BCUT2D eigenvalue weighted by Gasteiger charge is 2.35. The van der Waals surface area contributed by atoms with Gasteiger partial charge in [0.1, 0.15) is 12.2 Å². The molecule has 1 N–H and O–H groups in total. The molecular formula is C29H29N3O2. The van der Waals surface area contributed by atoms with Gasteiger partial charge in [0.25, 0.3) is 5.91 Å². The highest BCUT2D eigenvalue weighted by Crippen LogP contribution is 2.23. The third-order valence-corrected chi connectivity index (χ3v) is 6.64. The molecule has 0 aliphatic carbocycles. The highest BCUT2D eigenvalue weighted by atomic mass is 16.2. The van der Waals surface area contributed by atoms with Gasteiger partial charge in [-0.1, -0.05) is 73.7 Å². The van der Waals surface area contributed by atoms with Gasteiger partial charge >= 0.3 is 0 Å². The predicted molar refractivity (Wildman–Crippen MR) is 135 cm³/mol. The number of aromatic amines is 1. The summed E-state index contributed by atoms with van der Waals surface area (Å²) < 4.78 is 0. The largest absolute Gasteiger partial charge is 0.351 e. The van der Waals surface area contributed by atoms with Crippen molar-refractivity contribution in [3.05, 3.63) is 107 Å². The van der Waals surface area contributed by atoms with Crippen molar-refractivity contribution in [1.82, 2.24) is 14.8 Å². The van der Waals surface area contributed by atoms with Crippen molar-refractivity contribution in [3.8, 4) is 0 Å². The van der Waals surface area contributed by atoms with Gasteiger partial charge in [-0.15, -0.1) is 0 Å². The zero-order valence-corrected chi connectivity index (χ0v) is 19.4. The highest BCUT2D eigenvalue weighted by molar-refractivity contribution is 6.00. The third-order valence-electron chi connectivity index (χ3n) is 6.64. The number of nitrogens with zero attached hydrogens (tertiary/aromatic N) is 2. The van der Waals surface area contributed by atoms with E-state index in [-0.39, 0.29) is 24.4 Å². The fraction of sp³-hybridized carbons (Fsp3) is 0.241. The molecule has 1 fully saturated rings. The molecule has 1 atom stereocenters. The fourth-order valence-electron chi connectivity index (χ4n) is 4.78. The molecule has 1 aromatic heterocycles. The van der Waals surface area contributed by atoms with Crippen LogP contribution in [-0.2, 0) is 24.2 Å². The minimum absolute atomic E-state index is 0.0197. The zero-order valence-electron chi connectivity index (χ0n) is 19.4. The van der Waals surface area contributed by atoms with Crippen molar-refractivity contribution < 1.29 is 9.59 Å². The Labute approximate surface area is 200 Å². The van der Waals surface area contributed by atoms with E-state index in [9.17, 15) is 9.59 Å². The summed E-state index contributed by atoms with van der Waals surface area (Å²) in [6.45, 7) is 3.26. The van der Waals surface area contributed by atoms with E-state index < -0.39 is 0 Å². The number of carbonyl (C=O) groups excluding carboxylic acids is 2. The number of nitrogens with one attached hydrogen (secondary N) is 1. The van der Waals surface area contributed by atoms with E-state index in [1.807, 2.05) is 65.6 Å². The Morgan fingerprint density at radius 2 is 1.62 bits per heavy atom. The number of amides is 2. The first-order valence-electron chi connectivity index (χ1n) is 11.9. The fourth-order valence-corrected chi connectivity index (χ4v) is 4.78. The van der Waals surface area contributed by atoms with Crippen LogP contribution >= 0.6 is 0 Å². The second-order valence-corrected chi connectivity index (χ2v) is 8.99. The predicted octanol–water partition coefficient (Wildman–Crippen LogP) is 4.83. The summed E-state index contributed by atoms with van der Waals surface area (Å²) in [5, 5.41) is 1.03. The summed E-state index contributed by atoms with van der Waals surface area (Å²) in [5.41, 5.74) is 4.96. The van der Waals surface area contributed by atoms with E-state index in [1.165, 1.54) is 5.56 Å². The van der Waals surface area contributed by atoms with Crippen LogP contribution in [-0.4, -0.2) is 45.7 Å². The number of H-pyrrole nitrogens is 1. The van der Waals surface area contributed by atoms with E-state index in [1.54, 1.807) is 4.90 Å². The minimum atomic E-state index is -0.125. The number of rotatable bonds is 6. The first-order chi connectivity index (χ1) is 16.6. The molecule has 0 unspecified atom stereocenters. The van der Waals surface area contributed by atoms with Gasteiger partial charge in [-0.05, 0) is 47.7 Å². The summed E-state index contributed by atoms with van der Waals surface area (Å²) in [6, 6.07) is 28.2. The van der Waals surface area contributed by atoms with Gasteiger partial charge in [0.15, 0.2) is 0 Å². The summed E-state index contributed by atoms with van der Waals surface area (Å²) in [6.07, 6.45) is 1.65. The number of aryl methyl sites for hydroxylation is 1. The smallest absolute Gasteiger partial charge is 0.270 e. The van der Waals surface area contributed by atoms with Crippen molar-refractivity contribution in [2.75, 3.05) is 13.1 Å². The minimum Gasteiger partial charge on any atom is -0.351 e. The van der Waals surface area contributed by atoms with Crippen LogP contribution in [0.25, 0.3) is 10.9 Å². The van der Waals surface area contributed by atoms with Crippen LogP contribution in [0.2, 0.25) is 0 Å². The molecule has 5 rings (SSSR count). The molecule has 1 aliphatic heterocycles. The molecule has 34 heavy (non-hydrogen) atoms. The van der Waals surface area contributed by atoms with E-state index in [2.05, 4.69) is 36.2 Å². The van der Waals surface area contributed by atoms with Crippen LogP contribution in [0.1, 0.15) is 34.1 Å². The van der Waals surface area contributed by atoms with Crippen molar-refractivity contribution in [2.45, 2.75) is 32.4 Å². The molecule has 2 amide bonds. The van der Waals surface area contributed by atoms with E-state index in [4.69, 9.17) is 0 Å². The maximum Gasteiger partial charge on any atom is 0.270 e. The Morgan fingerprint density at radius 1 is 0.912 bits per heavy atom. The van der Waals surface area contributed by atoms with Crippen LogP contribution in [0.4, 0.5) is 0 Å². The van der Waals surface area contributed by atoms with Crippen LogP contribution in [0.5, 0.6) is 0 Å². The van der Waals surface area contributed by atoms with Gasteiger partial charge in [0, 0.05) is 24.0 Å². The molecule has 5 nitrogen and oxygen atoms in total.